The fraction of sp³-hybridized carbons (Fsp3) is 0.242. The van der Waals surface area contributed by atoms with Crippen LogP contribution in [0.5, 0.6) is 0 Å². The van der Waals surface area contributed by atoms with Crippen molar-refractivity contribution in [2.24, 2.45) is 5.92 Å². The van der Waals surface area contributed by atoms with Crippen LogP contribution >= 0.6 is 23.2 Å². The third-order valence-electron chi connectivity index (χ3n) is 8.20. The van der Waals surface area contributed by atoms with E-state index in [1.54, 1.807) is 36.4 Å². The van der Waals surface area contributed by atoms with E-state index >= 15 is 0 Å². The minimum atomic E-state index is -0.564. The lowest BCUT2D eigenvalue weighted by atomic mass is 9.83. The Labute approximate surface area is 258 Å². The number of fused-ring (bicyclic) bond motifs is 4. The number of aromatic nitrogens is 1. The van der Waals surface area contributed by atoms with E-state index in [4.69, 9.17) is 23.2 Å². The lowest BCUT2D eigenvalue weighted by Crippen LogP contribution is -2.47. The molecule has 7 nitrogen and oxygen atoms in total. The maximum Gasteiger partial charge on any atom is 0.255 e. The zero-order valence-electron chi connectivity index (χ0n) is 23.4. The van der Waals surface area contributed by atoms with E-state index < -0.39 is 11.7 Å². The average molecular weight is 620 g/mol. The summed E-state index contributed by atoms with van der Waals surface area (Å²) in [7, 11) is 0. The first-order valence-corrected chi connectivity index (χ1v) is 14.8. The number of nitrogens with zero attached hydrogens (tertiary/aromatic N) is 2. The van der Waals surface area contributed by atoms with Crippen LogP contribution in [0.2, 0.25) is 10.0 Å². The van der Waals surface area contributed by atoms with Gasteiger partial charge in [0.25, 0.3) is 11.5 Å². The zero-order chi connectivity index (χ0) is 30.2. The number of carbonyl (C=O) groups is 2. The minimum absolute atomic E-state index is 0.00529. The third kappa shape index (κ3) is 6.03. The van der Waals surface area contributed by atoms with Crippen LogP contribution in [-0.2, 0) is 17.8 Å². The van der Waals surface area contributed by atoms with Gasteiger partial charge in [0.05, 0.1) is 17.8 Å². The highest BCUT2D eigenvalue weighted by Gasteiger charge is 2.35. The Kier molecular flexibility index (Phi) is 7.99. The molecule has 0 radical (unpaired) electrons. The lowest BCUT2D eigenvalue weighted by Gasteiger charge is -2.44. The first-order valence-electron chi connectivity index (χ1n) is 14.0. The van der Waals surface area contributed by atoms with Gasteiger partial charge in [-0.1, -0.05) is 41.4 Å². The van der Waals surface area contributed by atoms with Gasteiger partial charge < -0.3 is 20.1 Å². The molecule has 1 saturated heterocycles. The van der Waals surface area contributed by atoms with E-state index in [1.807, 2.05) is 29.7 Å². The molecule has 2 unspecified atom stereocenters. The molecule has 2 N–H and O–H groups in total. The number of hydrogen-bond donors (Lipinski definition) is 2. The maximum absolute atomic E-state index is 14.5. The number of benzene rings is 3. The van der Waals surface area contributed by atoms with Crippen molar-refractivity contribution in [2.45, 2.75) is 32.2 Å². The van der Waals surface area contributed by atoms with Gasteiger partial charge in [0.15, 0.2) is 0 Å². The van der Waals surface area contributed by atoms with Gasteiger partial charge in [0.2, 0.25) is 5.91 Å². The summed E-state index contributed by atoms with van der Waals surface area (Å²) in [4.78, 5) is 41.3. The van der Waals surface area contributed by atoms with Crippen LogP contribution in [0.25, 0.3) is 0 Å². The van der Waals surface area contributed by atoms with E-state index in [0.29, 0.717) is 41.6 Å². The predicted octanol–water partition coefficient (Wildman–Crippen LogP) is 6.66. The predicted molar refractivity (Wildman–Crippen MR) is 168 cm³/mol. The van der Waals surface area contributed by atoms with Crippen molar-refractivity contribution in [2.75, 3.05) is 28.6 Å². The van der Waals surface area contributed by atoms with Crippen molar-refractivity contribution < 1.29 is 14.0 Å². The minimum Gasteiger partial charge on any atom is -0.369 e. The lowest BCUT2D eigenvalue weighted by molar-refractivity contribution is -0.115. The molecule has 6 rings (SSSR count). The smallest absolute Gasteiger partial charge is 0.255 e. The molecule has 2 aliphatic heterocycles. The molecule has 10 heteroatoms. The molecule has 0 spiro atoms. The molecule has 4 aromatic rings. The highest BCUT2D eigenvalue weighted by Crippen LogP contribution is 2.39. The monoisotopic (exact) mass is 618 g/mol. The highest BCUT2D eigenvalue weighted by molar-refractivity contribution is 6.31. The van der Waals surface area contributed by atoms with Gasteiger partial charge >= 0.3 is 0 Å². The van der Waals surface area contributed by atoms with Crippen LogP contribution in [0.1, 0.15) is 39.5 Å². The summed E-state index contributed by atoms with van der Waals surface area (Å²) in [6, 6.07) is 20.1. The molecule has 1 aromatic heterocycles. The summed E-state index contributed by atoms with van der Waals surface area (Å²) in [5.41, 5.74) is 4.04. The SMILES string of the molecule is Cc1ccc(Cl)cc1NC(=O)c1ccc(N2CC3CC(C2)c2cccc(=O)n2C3)c(NC(=O)Cc2c(F)cccc2Cl)c1. The van der Waals surface area contributed by atoms with Crippen LogP contribution in [0.3, 0.4) is 0 Å². The first-order chi connectivity index (χ1) is 20.7. The maximum atomic E-state index is 14.5. The van der Waals surface area contributed by atoms with Gasteiger partial charge in [0, 0.05) is 64.2 Å². The van der Waals surface area contributed by atoms with Gasteiger partial charge in [-0.25, -0.2) is 4.39 Å². The summed E-state index contributed by atoms with van der Waals surface area (Å²) in [5, 5.41) is 6.48. The molecular weight excluding hydrogens is 590 g/mol. The fourth-order valence-electron chi connectivity index (χ4n) is 6.13. The highest BCUT2D eigenvalue weighted by atomic mass is 35.5. The van der Waals surface area contributed by atoms with Crippen LogP contribution in [0.15, 0.2) is 77.6 Å². The molecule has 3 aromatic carbocycles. The number of halogens is 3. The van der Waals surface area contributed by atoms with Crippen LogP contribution < -0.4 is 21.1 Å². The number of anilines is 3. The van der Waals surface area contributed by atoms with E-state index in [0.717, 1.165) is 23.4 Å². The molecule has 2 aliphatic rings. The molecule has 220 valence electrons. The van der Waals surface area contributed by atoms with E-state index in [2.05, 4.69) is 15.5 Å². The third-order valence-corrected chi connectivity index (χ3v) is 8.79. The van der Waals surface area contributed by atoms with Crippen LogP contribution in [0, 0.1) is 18.7 Å². The van der Waals surface area contributed by atoms with Crippen LogP contribution in [-0.4, -0.2) is 29.5 Å². The number of pyridine rings is 1. The standard InChI is InChI=1S/C33H29Cl2FN4O3/c1-19-8-10-23(34)14-27(19)38-33(43)21-9-11-30(28(13-21)37-31(41)15-24-25(35)4-2-5-26(24)36)39-16-20-12-22(18-39)29-6-3-7-32(42)40(29)17-20/h2-11,13-14,20,22H,12,15-18H2,1H3,(H,37,41)(H,38,43). The number of rotatable bonds is 6. The Hall–Kier alpha value is -4.14. The Morgan fingerprint density at radius 1 is 0.930 bits per heavy atom. The van der Waals surface area contributed by atoms with Gasteiger partial charge in [-0.15, -0.1) is 0 Å². The van der Waals surface area contributed by atoms with Crippen molar-refractivity contribution in [1.82, 2.24) is 4.57 Å². The van der Waals surface area contributed by atoms with E-state index in [-0.39, 0.29) is 40.3 Å². The molecule has 2 atom stereocenters. The largest absolute Gasteiger partial charge is 0.369 e. The molecule has 0 aliphatic carbocycles. The average Bonchev–Trinajstić information content (AvgIpc) is 2.97. The zero-order valence-corrected chi connectivity index (χ0v) is 24.9. The number of amides is 2. The Bertz CT molecular complexity index is 1790. The van der Waals surface area contributed by atoms with Gasteiger partial charge in [0.1, 0.15) is 5.82 Å². The Balaban J connectivity index is 1.32. The number of nitrogens with one attached hydrogen (secondary N) is 2. The van der Waals surface area contributed by atoms with Gasteiger partial charge in [-0.2, -0.15) is 0 Å². The molecule has 0 saturated carbocycles. The normalized spacial score (nSPS) is 17.3. The van der Waals surface area contributed by atoms with Crippen molar-refractivity contribution in [3.05, 3.63) is 121 Å². The fourth-order valence-corrected chi connectivity index (χ4v) is 6.53. The quantitative estimate of drug-likeness (QED) is 0.253. The molecule has 1 fully saturated rings. The van der Waals surface area contributed by atoms with Crippen molar-refractivity contribution >= 4 is 52.1 Å². The van der Waals surface area contributed by atoms with Crippen molar-refractivity contribution in [3.8, 4) is 0 Å². The second-order valence-electron chi connectivity index (χ2n) is 11.2. The number of carbonyl (C=O) groups excluding carboxylic acids is 2. The molecule has 3 heterocycles. The van der Waals surface area contributed by atoms with E-state index in [1.165, 1.54) is 18.2 Å². The topological polar surface area (TPSA) is 83.4 Å². The summed E-state index contributed by atoms with van der Waals surface area (Å²) in [6.45, 7) is 3.80. The second-order valence-corrected chi connectivity index (χ2v) is 12.0. The summed E-state index contributed by atoms with van der Waals surface area (Å²) in [6.07, 6.45) is 0.692. The first kappa shape index (κ1) is 29.0. The Morgan fingerprint density at radius 3 is 2.56 bits per heavy atom. The Morgan fingerprint density at radius 2 is 1.74 bits per heavy atom. The molecular formula is C33H29Cl2FN4O3. The summed E-state index contributed by atoms with van der Waals surface area (Å²) in [5.74, 6) is -1.03. The molecule has 43 heavy (non-hydrogen) atoms. The second kappa shape index (κ2) is 11.9. The number of aryl methyl sites for hydroxylation is 1. The van der Waals surface area contributed by atoms with Gasteiger partial charge in [-0.3, -0.25) is 14.4 Å². The van der Waals surface area contributed by atoms with Crippen molar-refractivity contribution in [1.29, 1.82) is 0 Å². The van der Waals surface area contributed by atoms with E-state index in [9.17, 15) is 18.8 Å². The number of hydrogen-bond acceptors (Lipinski definition) is 4. The van der Waals surface area contributed by atoms with Gasteiger partial charge in [-0.05, 0) is 73.4 Å². The van der Waals surface area contributed by atoms with Crippen LogP contribution in [0.4, 0.5) is 21.5 Å². The summed E-state index contributed by atoms with van der Waals surface area (Å²) >= 11 is 12.3. The summed E-state index contributed by atoms with van der Waals surface area (Å²) < 4.78 is 16.3. The molecule has 2 amide bonds. The number of piperidine rings is 1. The van der Waals surface area contributed by atoms with Crippen molar-refractivity contribution in [3.63, 3.8) is 0 Å². The molecule has 2 bridgehead atoms.